The second-order valence-electron chi connectivity index (χ2n) is 15.3. The number of amides is 4. The van der Waals surface area contributed by atoms with Gasteiger partial charge in [0.05, 0.1) is 22.9 Å². The molecule has 4 fully saturated rings. The van der Waals surface area contributed by atoms with Crippen molar-refractivity contribution in [1.29, 1.82) is 0 Å². The van der Waals surface area contributed by atoms with E-state index >= 15 is 0 Å². The van der Waals surface area contributed by atoms with Crippen LogP contribution in [-0.4, -0.2) is 113 Å². The minimum atomic E-state index is -4.87. The Morgan fingerprint density at radius 1 is 0.964 bits per heavy atom. The molecule has 2 aromatic carbocycles. The number of para-hydroxylation sites is 1. The third-order valence-corrected chi connectivity index (χ3v) is 12.4. The Hall–Kier alpha value is -4.41. The third kappa shape index (κ3) is 7.79. The molecule has 4 amide bonds. The summed E-state index contributed by atoms with van der Waals surface area (Å²) in [6.07, 6.45) is -4.26. The Morgan fingerprint density at radius 3 is 2.30 bits per heavy atom. The van der Waals surface area contributed by atoms with Crippen molar-refractivity contribution < 1.29 is 46.7 Å². The highest BCUT2D eigenvalue weighted by Gasteiger charge is 2.72. The number of nitrogen functional groups attached to an aromatic ring is 1. The molecule has 13 nitrogen and oxygen atoms in total. The predicted molar refractivity (Wildman–Crippen MR) is 198 cm³/mol. The molecule has 302 valence electrons. The van der Waals surface area contributed by atoms with Gasteiger partial charge in [0.15, 0.2) is 11.6 Å². The van der Waals surface area contributed by atoms with Gasteiger partial charge in [-0.05, 0) is 93.0 Å². The summed E-state index contributed by atoms with van der Waals surface area (Å²) in [6, 6.07) is 9.10. The average molecular weight is 803 g/mol. The number of urea groups is 1. The van der Waals surface area contributed by atoms with Crippen molar-refractivity contribution in [1.82, 2.24) is 19.8 Å². The maximum absolute atomic E-state index is 14.5. The lowest BCUT2D eigenvalue weighted by atomic mass is 9.75. The summed E-state index contributed by atoms with van der Waals surface area (Å²) in [7, 11) is 0. The van der Waals surface area contributed by atoms with Crippen molar-refractivity contribution in [2.24, 2.45) is 11.8 Å². The lowest BCUT2D eigenvalue weighted by Gasteiger charge is -2.43. The van der Waals surface area contributed by atoms with E-state index in [4.69, 9.17) is 26.9 Å². The van der Waals surface area contributed by atoms with Crippen LogP contribution in [-0.2, 0) is 43.0 Å². The fourth-order valence-corrected chi connectivity index (χ4v) is 9.26. The maximum Gasteiger partial charge on any atom is 0.418 e. The first-order valence-corrected chi connectivity index (χ1v) is 19.6. The van der Waals surface area contributed by atoms with Crippen LogP contribution in [0.2, 0.25) is 5.02 Å². The van der Waals surface area contributed by atoms with Crippen LogP contribution in [0.25, 0.3) is 0 Å². The lowest BCUT2D eigenvalue weighted by Crippen LogP contribution is -2.56. The number of nitrogens with two attached hydrogens (primary N) is 1. The number of benzene rings is 2. The van der Waals surface area contributed by atoms with Gasteiger partial charge >= 0.3 is 18.3 Å². The van der Waals surface area contributed by atoms with Crippen molar-refractivity contribution >= 4 is 52.6 Å². The van der Waals surface area contributed by atoms with Gasteiger partial charge in [0.2, 0.25) is 11.6 Å². The number of carbonyl (C=O) groups is 5. The highest BCUT2D eigenvalue weighted by molar-refractivity contribution is 6.67. The predicted octanol–water partition coefficient (Wildman–Crippen LogP) is 5.34. The molecule has 56 heavy (non-hydrogen) atoms. The highest BCUT2D eigenvalue weighted by Crippen LogP contribution is 2.48. The largest absolute Gasteiger partial charge is 0.436 e. The number of halogens is 4. The minimum absolute atomic E-state index is 0.0220. The number of hydrogen-bond donors (Lipinski definition) is 2. The van der Waals surface area contributed by atoms with E-state index in [1.54, 1.807) is 4.90 Å². The number of ketones is 2. The van der Waals surface area contributed by atoms with Gasteiger partial charge in [-0.1, -0.05) is 29.8 Å². The number of nitrogens with zero attached hydrogens (tertiary/aromatic N) is 4. The zero-order valence-electron chi connectivity index (χ0n) is 31.1. The topological polar surface area (TPSA) is 155 Å². The summed E-state index contributed by atoms with van der Waals surface area (Å²) < 4.78 is 47.7. The van der Waals surface area contributed by atoms with E-state index in [0.717, 1.165) is 30.2 Å². The van der Waals surface area contributed by atoms with Gasteiger partial charge in [0, 0.05) is 57.4 Å². The molecule has 3 saturated heterocycles. The number of anilines is 2. The number of piperidine rings is 3. The van der Waals surface area contributed by atoms with Crippen LogP contribution in [0.4, 0.5) is 34.1 Å². The summed E-state index contributed by atoms with van der Waals surface area (Å²) in [5, 5.41) is 4.47. The number of alkyl halides is 3. The van der Waals surface area contributed by atoms with E-state index in [0.29, 0.717) is 51.9 Å². The smallest absolute Gasteiger partial charge is 0.418 e. The maximum atomic E-state index is 14.5. The quantitative estimate of drug-likeness (QED) is 0.205. The van der Waals surface area contributed by atoms with Crippen LogP contribution in [0.5, 0.6) is 0 Å². The summed E-state index contributed by atoms with van der Waals surface area (Å²) in [5.74, 6) is -2.08. The molecule has 4 heterocycles. The van der Waals surface area contributed by atoms with Gasteiger partial charge < -0.3 is 30.5 Å². The molecule has 0 radical (unpaired) electrons. The molecule has 4 aliphatic heterocycles. The Bertz CT molecular complexity index is 1870. The van der Waals surface area contributed by atoms with Crippen molar-refractivity contribution in [2.75, 3.05) is 56.9 Å². The molecule has 17 heteroatoms. The number of hydrogen-bond acceptors (Lipinski definition) is 9. The molecule has 0 bridgehead atoms. The first kappa shape index (κ1) is 39.8. The van der Waals surface area contributed by atoms with Crippen molar-refractivity contribution in [3.63, 3.8) is 0 Å². The number of rotatable bonds is 8. The van der Waals surface area contributed by atoms with E-state index in [9.17, 15) is 37.1 Å². The van der Waals surface area contributed by atoms with Crippen LogP contribution in [0.15, 0.2) is 36.4 Å². The van der Waals surface area contributed by atoms with Crippen LogP contribution in [0, 0.1) is 11.8 Å². The van der Waals surface area contributed by atoms with Crippen molar-refractivity contribution in [3.8, 4) is 0 Å². The van der Waals surface area contributed by atoms with Crippen LogP contribution >= 0.6 is 11.6 Å². The highest BCUT2D eigenvalue weighted by atomic mass is 35.5. The molecule has 7 rings (SSSR count). The Kier molecular flexibility index (Phi) is 11.3. The van der Waals surface area contributed by atoms with Gasteiger partial charge in [0.1, 0.15) is 0 Å². The van der Waals surface area contributed by atoms with Gasteiger partial charge in [0.25, 0.3) is 5.91 Å². The Morgan fingerprint density at radius 2 is 1.64 bits per heavy atom. The second kappa shape index (κ2) is 15.9. The first-order valence-electron chi connectivity index (χ1n) is 19.3. The summed E-state index contributed by atoms with van der Waals surface area (Å²) in [5.41, 5.74) is 3.77. The molecule has 0 aromatic heterocycles. The van der Waals surface area contributed by atoms with Crippen molar-refractivity contribution in [2.45, 2.75) is 82.2 Å². The zero-order chi connectivity index (χ0) is 39.9. The molecule has 5 aliphatic rings. The molecule has 1 unspecified atom stereocenters. The zero-order valence-corrected chi connectivity index (χ0v) is 31.9. The molecular formula is C39H46ClF3N6O7. The summed E-state index contributed by atoms with van der Waals surface area (Å²) in [4.78, 5) is 77.7. The Balaban J connectivity index is 1.08. The van der Waals surface area contributed by atoms with Crippen LogP contribution < -0.4 is 11.1 Å². The van der Waals surface area contributed by atoms with E-state index in [1.807, 2.05) is 36.3 Å². The lowest BCUT2D eigenvalue weighted by molar-refractivity contribution is -0.174. The second-order valence-corrected chi connectivity index (χ2v) is 15.7. The van der Waals surface area contributed by atoms with E-state index < -0.39 is 64.1 Å². The van der Waals surface area contributed by atoms with Crippen LogP contribution in [0.1, 0.15) is 62.1 Å². The molecule has 1 saturated carbocycles. The number of nitrogens with one attached hydrogen (secondary N) is 1. The average Bonchev–Trinajstić information content (AvgIpc) is 3.74. The van der Waals surface area contributed by atoms with Gasteiger partial charge in [-0.2, -0.15) is 18.2 Å². The monoisotopic (exact) mass is 802 g/mol. The number of fused-ring (bicyclic) bond motifs is 1. The molecule has 3 N–H and O–H groups in total. The van der Waals surface area contributed by atoms with Crippen molar-refractivity contribution in [3.05, 3.63) is 58.1 Å². The van der Waals surface area contributed by atoms with Gasteiger partial charge in [-0.25, -0.2) is 9.59 Å². The van der Waals surface area contributed by atoms with E-state index in [2.05, 4.69) is 5.32 Å². The molecule has 2 aromatic rings. The number of carbonyl (C=O) groups excluding carboxylic acids is 5. The number of hydroxylamine groups is 2. The minimum Gasteiger partial charge on any atom is -0.436 e. The summed E-state index contributed by atoms with van der Waals surface area (Å²) in [6.45, 7) is 4.74. The van der Waals surface area contributed by atoms with Gasteiger partial charge in [-0.15, -0.1) is 0 Å². The fourth-order valence-electron chi connectivity index (χ4n) is 9.02. The standard InChI is InChI=1S/C39H46ClF3N6O7/c1-2-55-47-15-7-24(8-16-47)26-10-18-49(38(22-26)33(50)34(38)51)35(52)31(21-23-19-28(39(41,42)43)32(44)29(40)20-23)56-37(54)46-13-11-27(12-14-46)48-17-9-25-5-3-4-6-30(25)45-36(48)53/h3-6,19-20,24,26-27,31H,2,7-18,21-22,44H2,1H3,(H,45,53)/t26-,31?/m1/s1. The molecule has 1 aliphatic carbocycles. The van der Waals surface area contributed by atoms with Gasteiger partial charge in [-0.3, -0.25) is 19.2 Å². The third-order valence-electron chi connectivity index (χ3n) is 12.1. The van der Waals surface area contributed by atoms with Crippen LogP contribution in [0.3, 0.4) is 0 Å². The molecular weight excluding hydrogens is 757 g/mol. The van der Waals surface area contributed by atoms with E-state index in [1.165, 1.54) is 15.9 Å². The number of likely N-dealkylation sites (tertiary alicyclic amines) is 2. The first-order chi connectivity index (χ1) is 26.7. The molecule has 1 spiro atoms. The molecule has 2 atom stereocenters. The normalized spacial score (nSPS) is 22.8. The number of Topliss-reactive ketones (excluding diaryl/α,β-unsaturated/α-hetero) is 2. The fraction of sp³-hybridized carbons (Fsp3) is 0.564. The summed E-state index contributed by atoms with van der Waals surface area (Å²) >= 11 is 6.13. The van der Waals surface area contributed by atoms with E-state index in [-0.39, 0.29) is 55.5 Å². The SMILES string of the molecule is CCON1CCC([C@@H]2CCN(C(=O)C(Cc3cc(Cl)c(N)c(C(F)(F)F)c3)OC(=O)N3CCC(N4CCc5ccccc5NC4=O)CC3)C3(C2)C(=O)C3=O)CC1. The Labute approximate surface area is 327 Å². The number of ether oxygens (including phenoxy) is 1.